The Bertz CT molecular complexity index is 1230. The average molecular weight is 494 g/mol. The minimum atomic E-state index is -4.86. The molecule has 0 aliphatic carbocycles. The zero-order valence-corrected chi connectivity index (χ0v) is 18.9. The molecule has 0 aliphatic rings. The number of para-hydroxylation sites is 2. The summed E-state index contributed by atoms with van der Waals surface area (Å²) in [6.45, 7) is 1.76. The lowest BCUT2D eigenvalue weighted by atomic mass is 10.1. The van der Waals surface area contributed by atoms with Gasteiger partial charge in [0.1, 0.15) is 5.75 Å². The lowest BCUT2D eigenvalue weighted by Crippen LogP contribution is -2.33. The van der Waals surface area contributed by atoms with Crippen LogP contribution in [0.25, 0.3) is 0 Å². The number of benzene rings is 3. The molecule has 1 atom stereocenters. The van der Waals surface area contributed by atoms with Crippen molar-refractivity contribution in [2.45, 2.75) is 30.5 Å². The van der Waals surface area contributed by atoms with Crippen LogP contribution >= 0.6 is 0 Å². The van der Waals surface area contributed by atoms with Gasteiger partial charge in [0.2, 0.25) is 6.10 Å². The van der Waals surface area contributed by atoms with Crippen LogP contribution in [0, 0.1) is 0 Å². The van der Waals surface area contributed by atoms with Gasteiger partial charge in [0.05, 0.1) is 16.1 Å². The quantitative estimate of drug-likeness (QED) is 0.415. The molecule has 0 fully saturated rings. The third kappa shape index (κ3) is 5.51. The molecule has 0 spiro atoms. The highest BCUT2D eigenvalue weighted by Gasteiger charge is 2.44. The lowest BCUT2D eigenvalue weighted by Gasteiger charge is -2.28. The highest BCUT2D eigenvalue weighted by molar-refractivity contribution is 7.92. The van der Waals surface area contributed by atoms with Gasteiger partial charge < -0.3 is 9.84 Å². The van der Waals surface area contributed by atoms with Crippen LogP contribution in [0.5, 0.6) is 5.75 Å². The van der Waals surface area contributed by atoms with E-state index in [9.17, 15) is 26.4 Å². The Morgan fingerprint density at radius 1 is 0.971 bits per heavy atom. The molecule has 0 heterocycles. The van der Waals surface area contributed by atoms with E-state index in [1.54, 1.807) is 25.1 Å². The number of aromatic carboxylic acids is 1. The standard InChI is InChI=1S/C24H22F3NO5S/c1-2-16-28(34(31,32)19-8-4-3-5-9-19)20-10-6-7-11-21(20)33-22(24(25,26)27)17-12-14-18(15-13-17)23(29)30/h3-15,22H,2,16H2,1H3,(H,29,30)/t22-/m0/s1. The average Bonchev–Trinajstić information content (AvgIpc) is 2.81. The number of sulfonamides is 1. The van der Waals surface area contributed by atoms with Crippen molar-refractivity contribution >= 4 is 21.7 Å². The molecule has 180 valence electrons. The summed E-state index contributed by atoms with van der Waals surface area (Å²) in [5, 5.41) is 9.01. The first-order chi connectivity index (χ1) is 16.1. The summed E-state index contributed by atoms with van der Waals surface area (Å²) in [6, 6.07) is 17.3. The second kappa shape index (κ2) is 10.2. The Hall–Kier alpha value is -3.53. The van der Waals surface area contributed by atoms with Crippen molar-refractivity contribution in [1.29, 1.82) is 0 Å². The molecule has 0 saturated carbocycles. The summed E-state index contributed by atoms with van der Waals surface area (Å²) >= 11 is 0. The third-order valence-electron chi connectivity index (χ3n) is 4.89. The number of hydrogen-bond acceptors (Lipinski definition) is 4. The molecule has 0 amide bonds. The van der Waals surface area contributed by atoms with E-state index in [1.807, 2.05) is 0 Å². The van der Waals surface area contributed by atoms with E-state index in [-0.39, 0.29) is 34.0 Å². The zero-order valence-electron chi connectivity index (χ0n) is 18.1. The lowest BCUT2D eigenvalue weighted by molar-refractivity contribution is -0.197. The number of carboxylic acids is 1. The van der Waals surface area contributed by atoms with Gasteiger partial charge in [-0.2, -0.15) is 13.2 Å². The van der Waals surface area contributed by atoms with Gasteiger partial charge in [0.15, 0.2) is 0 Å². The Morgan fingerprint density at radius 3 is 2.12 bits per heavy atom. The molecule has 6 nitrogen and oxygen atoms in total. The highest BCUT2D eigenvalue weighted by Crippen LogP contribution is 2.41. The van der Waals surface area contributed by atoms with Crippen LogP contribution in [-0.2, 0) is 10.0 Å². The molecule has 3 aromatic carbocycles. The number of carboxylic acid groups (broad SMARTS) is 1. The summed E-state index contributed by atoms with van der Waals surface area (Å²) in [7, 11) is -4.08. The monoisotopic (exact) mass is 493 g/mol. The van der Waals surface area contributed by atoms with Gasteiger partial charge in [-0.1, -0.05) is 49.4 Å². The maximum Gasteiger partial charge on any atom is 0.429 e. The third-order valence-corrected chi connectivity index (χ3v) is 6.72. The van der Waals surface area contributed by atoms with E-state index < -0.39 is 28.3 Å². The summed E-state index contributed by atoms with van der Waals surface area (Å²) in [5.41, 5.74) is -0.530. The van der Waals surface area contributed by atoms with E-state index >= 15 is 0 Å². The topological polar surface area (TPSA) is 83.9 Å². The first kappa shape index (κ1) is 25.1. The fourth-order valence-corrected chi connectivity index (χ4v) is 4.90. The number of carbonyl (C=O) groups is 1. The predicted molar refractivity (Wildman–Crippen MR) is 121 cm³/mol. The van der Waals surface area contributed by atoms with Crippen LogP contribution in [0.4, 0.5) is 18.9 Å². The molecule has 3 rings (SSSR count). The number of rotatable bonds is 9. The highest BCUT2D eigenvalue weighted by atomic mass is 32.2. The zero-order chi connectivity index (χ0) is 24.9. The van der Waals surface area contributed by atoms with Gasteiger partial charge in [0, 0.05) is 12.1 Å². The summed E-state index contributed by atoms with van der Waals surface area (Å²) in [6.07, 6.45) is -6.90. The maximum absolute atomic E-state index is 14.0. The van der Waals surface area contributed by atoms with Crippen molar-refractivity contribution in [3.05, 3.63) is 90.0 Å². The molecular formula is C24H22F3NO5S. The number of nitrogens with zero attached hydrogens (tertiary/aromatic N) is 1. The van der Waals surface area contributed by atoms with Crippen LogP contribution in [0.3, 0.4) is 0 Å². The molecule has 10 heteroatoms. The van der Waals surface area contributed by atoms with Crippen molar-refractivity contribution in [2.24, 2.45) is 0 Å². The number of hydrogen-bond donors (Lipinski definition) is 1. The molecule has 1 N–H and O–H groups in total. The van der Waals surface area contributed by atoms with Gasteiger partial charge in [-0.15, -0.1) is 0 Å². The van der Waals surface area contributed by atoms with E-state index in [0.717, 1.165) is 28.6 Å². The van der Waals surface area contributed by atoms with Gasteiger partial charge in [-0.25, -0.2) is 13.2 Å². The van der Waals surface area contributed by atoms with E-state index in [1.165, 1.54) is 36.4 Å². The van der Waals surface area contributed by atoms with Crippen molar-refractivity contribution in [3.8, 4) is 5.75 Å². The fraction of sp³-hybridized carbons (Fsp3) is 0.208. The van der Waals surface area contributed by atoms with Crippen LogP contribution in [-0.4, -0.2) is 32.2 Å². The van der Waals surface area contributed by atoms with Gasteiger partial charge in [-0.3, -0.25) is 4.31 Å². The summed E-state index contributed by atoms with van der Waals surface area (Å²) in [4.78, 5) is 11.0. The van der Waals surface area contributed by atoms with Gasteiger partial charge in [-0.05, 0) is 42.8 Å². The Kier molecular flexibility index (Phi) is 7.51. The SMILES string of the molecule is CCCN(c1ccccc1O[C@@H](c1ccc(C(=O)O)cc1)C(F)(F)F)S(=O)(=O)c1ccccc1. The first-order valence-corrected chi connectivity index (χ1v) is 11.7. The van der Waals surface area contributed by atoms with Crippen LogP contribution in [0.15, 0.2) is 83.8 Å². The molecule has 0 aromatic heterocycles. The molecular weight excluding hydrogens is 471 g/mol. The Labute approximate surface area is 195 Å². The number of halogens is 3. The minimum Gasteiger partial charge on any atom is -0.478 e. The van der Waals surface area contributed by atoms with Crippen molar-refractivity contribution in [3.63, 3.8) is 0 Å². The molecule has 0 radical (unpaired) electrons. The Morgan fingerprint density at radius 2 is 1.56 bits per heavy atom. The number of anilines is 1. The van der Waals surface area contributed by atoms with Crippen molar-refractivity contribution in [2.75, 3.05) is 10.8 Å². The van der Waals surface area contributed by atoms with E-state index in [0.29, 0.717) is 6.42 Å². The van der Waals surface area contributed by atoms with Gasteiger partial charge >= 0.3 is 12.1 Å². The van der Waals surface area contributed by atoms with E-state index in [2.05, 4.69) is 0 Å². The molecule has 34 heavy (non-hydrogen) atoms. The summed E-state index contributed by atoms with van der Waals surface area (Å²) < 4.78 is 74.9. The van der Waals surface area contributed by atoms with Crippen LogP contribution < -0.4 is 9.04 Å². The first-order valence-electron chi connectivity index (χ1n) is 10.3. The van der Waals surface area contributed by atoms with Crippen molar-refractivity contribution in [1.82, 2.24) is 0 Å². The van der Waals surface area contributed by atoms with Crippen LogP contribution in [0.2, 0.25) is 0 Å². The van der Waals surface area contributed by atoms with Gasteiger partial charge in [0.25, 0.3) is 10.0 Å². The predicted octanol–water partition coefficient (Wildman–Crippen LogP) is 5.67. The van der Waals surface area contributed by atoms with Crippen molar-refractivity contribution < 1.29 is 36.2 Å². The molecule has 3 aromatic rings. The second-order valence-corrected chi connectivity index (χ2v) is 9.19. The molecule has 0 bridgehead atoms. The fourth-order valence-electron chi connectivity index (χ4n) is 3.31. The molecule has 0 unspecified atom stereocenters. The smallest absolute Gasteiger partial charge is 0.429 e. The second-order valence-electron chi connectivity index (χ2n) is 7.32. The van der Waals surface area contributed by atoms with E-state index in [4.69, 9.17) is 9.84 Å². The number of ether oxygens (including phenoxy) is 1. The summed E-state index contributed by atoms with van der Waals surface area (Å²) in [5.74, 6) is -1.55. The number of alkyl halides is 3. The van der Waals surface area contributed by atoms with Crippen LogP contribution in [0.1, 0.15) is 35.4 Å². The maximum atomic E-state index is 14.0. The normalized spacial score (nSPS) is 12.7. The largest absolute Gasteiger partial charge is 0.478 e. The minimum absolute atomic E-state index is 0.00474. The molecule has 0 aliphatic heterocycles. The molecule has 0 saturated heterocycles. The Balaban J connectivity index is 2.06.